The van der Waals surface area contributed by atoms with Crippen LogP contribution in [0.4, 0.5) is 11.4 Å². The maximum atomic E-state index is 13.2. The van der Waals surface area contributed by atoms with Gasteiger partial charge in [-0.05, 0) is 66.6 Å². The van der Waals surface area contributed by atoms with E-state index in [0.717, 1.165) is 17.0 Å². The summed E-state index contributed by atoms with van der Waals surface area (Å²) in [4.78, 5) is 32.0. The molecule has 0 aromatic heterocycles. The molecule has 1 saturated heterocycles. The highest BCUT2D eigenvalue weighted by Gasteiger charge is 2.40. The van der Waals surface area contributed by atoms with Crippen LogP contribution in [0.1, 0.15) is 12.0 Å². The first-order valence-electron chi connectivity index (χ1n) is 11.9. The fourth-order valence-electron chi connectivity index (χ4n) is 3.94. The summed E-state index contributed by atoms with van der Waals surface area (Å²) in [6, 6.07) is 19.8. The smallest absolute Gasteiger partial charge is 0.247 e. The highest BCUT2D eigenvalue weighted by atomic mass is 35.5. The largest absolute Gasteiger partial charge is 0.497 e. The minimum absolute atomic E-state index is 0.0645. The van der Waals surface area contributed by atoms with Crippen molar-refractivity contribution in [3.63, 3.8) is 0 Å². The summed E-state index contributed by atoms with van der Waals surface area (Å²) in [6.07, 6.45) is 0.704. The van der Waals surface area contributed by atoms with Crippen molar-refractivity contribution in [3.8, 4) is 17.2 Å². The molecule has 10 heteroatoms. The van der Waals surface area contributed by atoms with E-state index in [0.29, 0.717) is 40.3 Å². The predicted molar refractivity (Wildman–Crippen MR) is 152 cm³/mol. The first-order valence-corrected chi connectivity index (χ1v) is 13.1. The summed E-state index contributed by atoms with van der Waals surface area (Å²) in [6.45, 7) is 0.452. The van der Waals surface area contributed by atoms with Crippen LogP contribution in [-0.2, 0) is 16.0 Å². The number of ether oxygens (including phenoxy) is 3. The molecule has 1 fully saturated rings. The number of thioether (sulfide) groups is 1. The van der Waals surface area contributed by atoms with Crippen LogP contribution in [0.2, 0.25) is 5.02 Å². The van der Waals surface area contributed by atoms with Gasteiger partial charge in [-0.15, -0.1) is 0 Å². The highest BCUT2D eigenvalue weighted by molar-refractivity contribution is 8.15. The summed E-state index contributed by atoms with van der Waals surface area (Å²) in [5.41, 5.74) is 2.27. The van der Waals surface area contributed by atoms with Crippen molar-refractivity contribution < 1.29 is 23.8 Å². The predicted octanol–water partition coefficient (Wildman–Crippen LogP) is 5.44. The number of carbonyl (C=O) groups is 2. The monoisotopic (exact) mass is 553 g/mol. The Labute approximate surface area is 230 Å². The number of anilines is 2. The molecule has 0 radical (unpaired) electrons. The number of hydrogen-bond donors (Lipinski definition) is 1. The molecule has 0 bridgehead atoms. The molecule has 3 aromatic rings. The molecule has 0 aliphatic carbocycles. The lowest BCUT2D eigenvalue weighted by molar-refractivity contribution is -0.121. The number of amides is 2. The van der Waals surface area contributed by atoms with Crippen LogP contribution >= 0.6 is 23.4 Å². The molecular weight excluding hydrogens is 526 g/mol. The zero-order chi connectivity index (χ0) is 27.1. The average Bonchev–Trinajstić information content (AvgIpc) is 3.20. The van der Waals surface area contributed by atoms with Gasteiger partial charge >= 0.3 is 0 Å². The standard InChI is InChI=1S/C28H28ClN3O5S/c1-35-22-10-8-20(9-11-22)31-28(30-14-13-18-7-12-23(36-2)24(15-18)37-3)38-25-17-26(33)32(27(25)34)21-6-4-5-19(29)16-21/h4-12,15-16,25H,13-14,17H2,1-3H3,(H,30,31)/t25-/m1/s1. The molecule has 1 atom stereocenters. The Morgan fingerprint density at radius 1 is 1.00 bits per heavy atom. The fourth-order valence-corrected chi connectivity index (χ4v) is 5.17. The number of benzene rings is 3. The van der Waals surface area contributed by atoms with E-state index in [1.54, 1.807) is 45.6 Å². The number of carbonyl (C=O) groups excluding carboxylic acids is 2. The fraction of sp³-hybridized carbons (Fsp3) is 0.250. The first kappa shape index (κ1) is 27.3. The van der Waals surface area contributed by atoms with Gasteiger partial charge in [-0.1, -0.05) is 35.5 Å². The minimum atomic E-state index is -0.618. The van der Waals surface area contributed by atoms with Gasteiger partial charge in [0.15, 0.2) is 16.7 Å². The third kappa shape index (κ3) is 6.59. The normalized spacial score (nSPS) is 15.5. The van der Waals surface area contributed by atoms with E-state index < -0.39 is 5.25 Å². The van der Waals surface area contributed by atoms with Crippen LogP contribution in [-0.4, -0.2) is 50.1 Å². The quantitative estimate of drug-likeness (QED) is 0.214. The summed E-state index contributed by atoms with van der Waals surface area (Å²) >= 11 is 7.33. The lowest BCUT2D eigenvalue weighted by Crippen LogP contribution is -2.31. The van der Waals surface area contributed by atoms with Gasteiger partial charge in [-0.2, -0.15) is 0 Å². The zero-order valence-corrected chi connectivity index (χ0v) is 22.8. The number of nitrogens with zero attached hydrogens (tertiary/aromatic N) is 2. The van der Waals surface area contributed by atoms with Crippen molar-refractivity contribution in [2.45, 2.75) is 18.1 Å². The van der Waals surface area contributed by atoms with E-state index in [-0.39, 0.29) is 18.2 Å². The molecule has 1 aliphatic rings. The van der Waals surface area contributed by atoms with E-state index in [1.165, 1.54) is 16.7 Å². The maximum absolute atomic E-state index is 13.2. The van der Waals surface area contributed by atoms with Gasteiger partial charge in [0.1, 0.15) is 11.0 Å². The number of methoxy groups -OCH3 is 3. The second kappa shape index (κ2) is 12.7. The second-order valence-electron chi connectivity index (χ2n) is 8.34. The summed E-state index contributed by atoms with van der Waals surface area (Å²) < 4.78 is 15.9. The van der Waals surface area contributed by atoms with Crippen LogP contribution in [0, 0.1) is 0 Å². The third-order valence-corrected chi connectivity index (χ3v) is 7.21. The number of amidine groups is 1. The van der Waals surface area contributed by atoms with Crippen LogP contribution in [0.3, 0.4) is 0 Å². The molecule has 38 heavy (non-hydrogen) atoms. The SMILES string of the molecule is COc1ccc(NC(=NCCc2ccc(OC)c(OC)c2)S[C@@H]2CC(=O)N(c3cccc(Cl)c3)C2=O)cc1. The Kier molecular flexibility index (Phi) is 9.15. The van der Waals surface area contributed by atoms with Gasteiger partial charge in [-0.25, -0.2) is 4.90 Å². The summed E-state index contributed by atoms with van der Waals surface area (Å²) in [5.74, 6) is 1.46. The third-order valence-electron chi connectivity index (χ3n) is 5.87. The molecule has 0 unspecified atom stereocenters. The summed E-state index contributed by atoms with van der Waals surface area (Å²) in [7, 11) is 4.80. The molecule has 3 aromatic carbocycles. The van der Waals surface area contributed by atoms with E-state index in [4.69, 9.17) is 30.8 Å². The van der Waals surface area contributed by atoms with Crippen molar-refractivity contribution in [3.05, 3.63) is 77.3 Å². The summed E-state index contributed by atoms with van der Waals surface area (Å²) in [5, 5.41) is 3.67. The number of nitrogens with one attached hydrogen (secondary N) is 1. The maximum Gasteiger partial charge on any atom is 0.247 e. The van der Waals surface area contributed by atoms with Gasteiger partial charge in [-0.3, -0.25) is 14.6 Å². The lowest BCUT2D eigenvalue weighted by Gasteiger charge is -2.16. The van der Waals surface area contributed by atoms with Crippen molar-refractivity contribution in [2.75, 3.05) is 38.1 Å². The van der Waals surface area contributed by atoms with Crippen LogP contribution in [0.25, 0.3) is 0 Å². The number of rotatable bonds is 9. The number of aliphatic imine (C=N–C) groups is 1. The molecule has 0 spiro atoms. The first-order chi connectivity index (χ1) is 18.4. The molecule has 2 amide bonds. The second-order valence-corrected chi connectivity index (χ2v) is 9.97. The Morgan fingerprint density at radius 2 is 1.76 bits per heavy atom. The molecule has 8 nitrogen and oxygen atoms in total. The van der Waals surface area contributed by atoms with Crippen molar-refractivity contribution >= 4 is 51.7 Å². The van der Waals surface area contributed by atoms with Gasteiger partial charge in [0, 0.05) is 23.7 Å². The van der Waals surface area contributed by atoms with E-state index in [9.17, 15) is 9.59 Å². The van der Waals surface area contributed by atoms with E-state index in [1.807, 2.05) is 42.5 Å². The number of halogens is 1. The molecule has 1 aliphatic heterocycles. The van der Waals surface area contributed by atoms with Crippen molar-refractivity contribution in [2.24, 2.45) is 4.99 Å². The Bertz CT molecular complexity index is 1330. The Balaban J connectivity index is 1.52. The van der Waals surface area contributed by atoms with Crippen molar-refractivity contribution in [1.82, 2.24) is 0 Å². The molecule has 198 valence electrons. The van der Waals surface area contributed by atoms with Crippen LogP contribution in [0.5, 0.6) is 17.2 Å². The van der Waals surface area contributed by atoms with Crippen LogP contribution < -0.4 is 24.4 Å². The topological polar surface area (TPSA) is 89.5 Å². The molecule has 0 saturated carbocycles. The molecule has 1 heterocycles. The van der Waals surface area contributed by atoms with E-state index >= 15 is 0 Å². The minimum Gasteiger partial charge on any atom is -0.497 e. The molecule has 1 N–H and O–H groups in total. The molecule has 4 rings (SSSR count). The van der Waals surface area contributed by atoms with Gasteiger partial charge in [0.05, 0.1) is 27.0 Å². The zero-order valence-electron chi connectivity index (χ0n) is 21.3. The Morgan fingerprint density at radius 3 is 2.45 bits per heavy atom. The Hall–Kier alpha value is -3.69. The molecular formula is C28H28ClN3O5S. The van der Waals surface area contributed by atoms with Gasteiger partial charge < -0.3 is 19.5 Å². The van der Waals surface area contributed by atoms with Gasteiger partial charge in [0.25, 0.3) is 0 Å². The van der Waals surface area contributed by atoms with E-state index in [2.05, 4.69) is 5.32 Å². The highest BCUT2D eigenvalue weighted by Crippen LogP contribution is 2.32. The average molecular weight is 554 g/mol. The lowest BCUT2D eigenvalue weighted by atomic mass is 10.1. The number of hydrogen-bond acceptors (Lipinski definition) is 7. The number of imide groups is 1. The van der Waals surface area contributed by atoms with Crippen molar-refractivity contribution in [1.29, 1.82) is 0 Å². The van der Waals surface area contributed by atoms with Gasteiger partial charge in [0.2, 0.25) is 11.8 Å². The van der Waals surface area contributed by atoms with Crippen LogP contribution in [0.15, 0.2) is 71.7 Å².